The first kappa shape index (κ1) is 16.6. The van der Waals surface area contributed by atoms with Gasteiger partial charge in [0.2, 0.25) is 0 Å². The molecule has 1 aliphatic heterocycles. The van der Waals surface area contributed by atoms with Gasteiger partial charge in [-0.25, -0.2) is 0 Å². The molecule has 0 saturated carbocycles. The summed E-state index contributed by atoms with van der Waals surface area (Å²) in [5.74, 6) is 1.16. The van der Waals surface area contributed by atoms with Gasteiger partial charge in [-0.05, 0) is 24.4 Å². The van der Waals surface area contributed by atoms with Crippen LogP contribution in [0.15, 0.2) is 23.4 Å². The molecule has 0 unspecified atom stereocenters. The Hall–Kier alpha value is -0.810. The lowest BCUT2D eigenvalue weighted by Gasteiger charge is -2.18. The smallest absolute Gasteiger partial charge is 0.138 e. The first-order valence-corrected chi connectivity index (χ1v) is 9.56. The summed E-state index contributed by atoms with van der Waals surface area (Å²) in [4.78, 5) is 2.18. The van der Waals surface area contributed by atoms with E-state index in [-0.39, 0.29) is 0 Å². The van der Waals surface area contributed by atoms with E-state index in [0.29, 0.717) is 0 Å². The number of thioether (sulfide) groups is 1. The van der Waals surface area contributed by atoms with E-state index in [9.17, 15) is 0 Å². The van der Waals surface area contributed by atoms with Crippen molar-refractivity contribution in [2.45, 2.75) is 50.5 Å². The van der Waals surface area contributed by atoms with Crippen molar-refractivity contribution in [1.29, 1.82) is 0 Å². The molecule has 116 valence electrons. The summed E-state index contributed by atoms with van der Waals surface area (Å²) in [6.45, 7) is 3.19. The molecule has 0 amide bonds. The largest absolute Gasteiger partial charge is 0.376 e. The van der Waals surface area contributed by atoms with E-state index in [0.717, 1.165) is 23.0 Å². The third kappa shape index (κ3) is 5.47. The number of likely N-dealkylation sites (N-methyl/N-ethyl adjacent to an activating group) is 1. The topological polar surface area (TPSA) is 29.0 Å². The van der Waals surface area contributed by atoms with E-state index >= 15 is 0 Å². The van der Waals surface area contributed by atoms with Crippen molar-refractivity contribution >= 4 is 29.1 Å². The van der Waals surface area contributed by atoms with Crippen molar-refractivity contribution in [3.8, 4) is 0 Å². The van der Waals surface area contributed by atoms with Gasteiger partial charge in [-0.15, -0.1) is 11.8 Å². The van der Waals surface area contributed by atoms with Crippen LogP contribution in [-0.4, -0.2) is 33.0 Å². The minimum Gasteiger partial charge on any atom is -0.376 e. The van der Waals surface area contributed by atoms with Crippen LogP contribution >= 0.6 is 23.5 Å². The quantitative estimate of drug-likeness (QED) is 0.480. The number of rotatable bonds is 9. The second-order valence-electron chi connectivity index (χ2n) is 5.48. The van der Waals surface area contributed by atoms with E-state index < -0.39 is 0 Å². The molecule has 0 saturated heterocycles. The first-order chi connectivity index (χ1) is 10.3. The molecule has 0 aromatic carbocycles. The van der Waals surface area contributed by atoms with E-state index in [2.05, 4.69) is 46.0 Å². The standard InChI is InChI=1S/C16H25N3S2/c1-3-4-5-6-7-8-12-20-16-15(17-21-18-16)14-10-9-11-19(2)13-14/h9-11H,3-8,12-13H2,1-2H3. The van der Waals surface area contributed by atoms with Crippen molar-refractivity contribution in [2.24, 2.45) is 0 Å². The van der Waals surface area contributed by atoms with Crippen molar-refractivity contribution < 1.29 is 0 Å². The SMILES string of the molecule is CCCCCCCCSc1nsnc1C1=CC=CN(C)C1. The minimum atomic E-state index is 0.923. The van der Waals surface area contributed by atoms with Crippen LogP contribution in [0.25, 0.3) is 5.57 Å². The molecule has 0 fully saturated rings. The van der Waals surface area contributed by atoms with Crippen molar-refractivity contribution in [1.82, 2.24) is 13.6 Å². The Bertz CT molecular complexity index is 480. The van der Waals surface area contributed by atoms with Gasteiger partial charge in [0, 0.05) is 19.2 Å². The molecule has 3 nitrogen and oxygen atoms in total. The molecule has 0 spiro atoms. The van der Waals surface area contributed by atoms with Gasteiger partial charge in [0.05, 0.1) is 11.7 Å². The molecule has 0 N–H and O–H groups in total. The van der Waals surface area contributed by atoms with Crippen molar-refractivity contribution in [3.05, 3.63) is 24.0 Å². The average Bonchev–Trinajstić information content (AvgIpc) is 2.95. The van der Waals surface area contributed by atoms with E-state index in [4.69, 9.17) is 0 Å². The minimum absolute atomic E-state index is 0.923. The highest BCUT2D eigenvalue weighted by molar-refractivity contribution is 7.99. The highest BCUT2D eigenvalue weighted by atomic mass is 32.2. The van der Waals surface area contributed by atoms with Crippen molar-refractivity contribution in [2.75, 3.05) is 19.3 Å². The second-order valence-corrected chi connectivity index (χ2v) is 7.09. The number of hydrogen-bond donors (Lipinski definition) is 0. The van der Waals surface area contributed by atoms with Gasteiger partial charge in [0.25, 0.3) is 0 Å². The number of aromatic nitrogens is 2. The highest BCUT2D eigenvalue weighted by Gasteiger charge is 2.15. The molecular weight excluding hydrogens is 298 g/mol. The van der Waals surface area contributed by atoms with Crippen LogP contribution in [0.2, 0.25) is 0 Å². The molecule has 1 aromatic heterocycles. The predicted molar refractivity (Wildman–Crippen MR) is 93.8 cm³/mol. The molecule has 0 aliphatic carbocycles. The van der Waals surface area contributed by atoms with E-state index in [1.807, 2.05) is 11.8 Å². The fraction of sp³-hybridized carbons (Fsp3) is 0.625. The summed E-state index contributed by atoms with van der Waals surface area (Å²) in [5, 5.41) is 1.11. The molecule has 2 rings (SSSR count). The Kier molecular flexibility index (Phi) is 7.30. The number of hydrogen-bond acceptors (Lipinski definition) is 5. The summed E-state index contributed by atoms with van der Waals surface area (Å²) in [6.07, 6.45) is 14.4. The van der Waals surface area contributed by atoms with E-state index in [1.165, 1.54) is 55.8 Å². The van der Waals surface area contributed by atoms with Gasteiger partial charge in [-0.3, -0.25) is 0 Å². The fourth-order valence-electron chi connectivity index (χ4n) is 2.36. The van der Waals surface area contributed by atoms with Crippen LogP contribution in [0, 0.1) is 0 Å². The van der Waals surface area contributed by atoms with Crippen LogP contribution in [0.5, 0.6) is 0 Å². The predicted octanol–water partition coefficient (Wildman–Crippen LogP) is 4.83. The van der Waals surface area contributed by atoms with Crippen LogP contribution in [-0.2, 0) is 0 Å². The van der Waals surface area contributed by atoms with Gasteiger partial charge in [0.15, 0.2) is 0 Å². The van der Waals surface area contributed by atoms with Crippen molar-refractivity contribution in [3.63, 3.8) is 0 Å². The zero-order valence-electron chi connectivity index (χ0n) is 13.0. The Morgan fingerprint density at radius 2 is 2.00 bits per heavy atom. The van der Waals surface area contributed by atoms with Crippen LogP contribution in [0.3, 0.4) is 0 Å². The Morgan fingerprint density at radius 3 is 2.81 bits per heavy atom. The van der Waals surface area contributed by atoms with Crippen LogP contribution in [0.1, 0.15) is 51.1 Å². The molecule has 2 heterocycles. The fourth-order valence-corrected chi connectivity index (χ4v) is 4.07. The Labute approximate surface area is 136 Å². The molecular formula is C16H25N3S2. The van der Waals surface area contributed by atoms with Crippen LogP contribution < -0.4 is 0 Å². The highest BCUT2D eigenvalue weighted by Crippen LogP contribution is 2.29. The summed E-state index contributed by atoms with van der Waals surface area (Å²) < 4.78 is 8.97. The van der Waals surface area contributed by atoms with Gasteiger partial charge >= 0.3 is 0 Å². The molecule has 1 aromatic rings. The average molecular weight is 324 g/mol. The number of allylic oxidation sites excluding steroid dienone is 2. The molecule has 1 aliphatic rings. The van der Waals surface area contributed by atoms with Gasteiger partial charge in [-0.1, -0.05) is 45.1 Å². The zero-order chi connectivity index (χ0) is 14.9. The molecule has 21 heavy (non-hydrogen) atoms. The first-order valence-electron chi connectivity index (χ1n) is 7.84. The second kappa shape index (κ2) is 9.26. The maximum atomic E-state index is 4.49. The lowest BCUT2D eigenvalue weighted by Crippen LogP contribution is -2.16. The lowest BCUT2D eigenvalue weighted by atomic mass is 10.1. The summed E-state index contributed by atoms with van der Waals surface area (Å²) in [7, 11) is 2.09. The molecule has 0 bridgehead atoms. The monoisotopic (exact) mass is 323 g/mol. The summed E-state index contributed by atoms with van der Waals surface area (Å²) in [5.41, 5.74) is 2.37. The molecule has 0 radical (unpaired) electrons. The van der Waals surface area contributed by atoms with Gasteiger partial charge in [0.1, 0.15) is 10.7 Å². The molecule has 5 heteroatoms. The normalized spacial score (nSPS) is 14.6. The maximum Gasteiger partial charge on any atom is 0.138 e. The summed E-state index contributed by atoms with van der Waals surface area (Å²) in [6, 6.07) is 0. The molecule has 0 atom stereocenters. The van der Waals surface area contributed by atoms with Gasteiger partial charge in [-0.2, -0.15) is 8.75 Å². The third-order valence-electron chi connectivity index (χ3n) is 3.56. The zero-order valence-corrected chi connectivity index (χ0v) is 14.7. The summed E-state index contributed by atoms with van der Waals surface area (Å²) >= 11 is 3.20. The third-order valence-corrected chi connectivity index (χ3v) is 5.25. The number of unbranched alkanes of at least 4 members (excludes halogenated alkanes) is 5. The Morgan fingerprint density at radius 1 is 1.19 bits per heavy atom. The van der Waals surface area contributed by atoms with Gasteiger partial charge < -0.3 is 4.90 Å². The number of nitrogens with zero attached hydrogens (tertiary/aromatic N) is 3. The van der Waals surface area contributed by atoms with Crippen LogP contribution in [0.4, 0.5) is 0 Å². The van der Waals surface area contributed by atoms with E-state index in [1.54, 1.807) is 0 Å². The Balaban J connectivity index is 1.76. The lowest BCUT2D eigenvalue weighted by molar-refractivity contribution is 0.512. The maximum absolute atomic E-state index is 4.49.